The summed E-state index contributed by atoms with van der Waals surface area (Å²) in [6.07, 6.45) is 3.02. The Morgan fingerprint density at radius 3 is 2.60 bits per heavy atom. The molecule has 1 aromatic rings. The number of aryl methyl sites for hydroxylation is 1. The second-order valence-corrected chi connectivity index (χ2v) is 5.22. The van der Waals surface area contributed by atoms with Gasteiger partial charge < -0.3 is 15.7 Å². The van der Waals surface area contributed by atoms with Crippen LogP contribution in [-0.4, -0.2) is 29.8 Å². The van der Waals surface area contributed by atoms with Crippen molar-refractivity contribution >= 4 is 6.03 Å². The van der Waals surface area contributed by atoms with E-state index in [0.29, 0.717) is 13.0 Å². The number of carbonyl (C=O) groups excluding carboxylic acids is 1. The number of hydrogen-bond donors (Lipinski definition) is 3. The normalized spacial score (nSPS) is 13.6. The standard InChI is InChI=1S/C16H26N2O2/c1-3-7-15(19)12-17-16(20)18-13(2)10-11-14-8-5-4-6-9-14/h4-6,8-9,13,15,19H,3,7,10-12H2,1-2H3,(H2,17,18,20). The molecule has 0 spiro atoms. The number of urea groups is 1. The van der Waals surface area contributed by atoms with Crippen LogP contribution in [0.2, 0.25) is 0 Å². The summed E-state index contributed by atoms with van der Waals surface area (Å²) in [6, 6.07) is 10.1. The van der Waals surface area contributed by atoms with E-state index in [9.17, 15) is 9.90 Å². The van der Waals surface area contributed by atoms with Crippen LogP contribution in [0, 0.1) is 0 Å². The summed E-state index contributed by atoms with van der Waals surface area (Å²) in [5.41, 5.74) is 1.28. The minimum atomic E-state index is -0.453. The lowest BCUT2D eigenvalue weighted by Crippen LogP contribution is -2.43. The van der Waals surface area contributed by atoms with Gasteiger partial charge in [-0.3, -0.25) is 0 Å². The minimum Gasteiger partial charge on any atom is -0.391 e. The molecular formula is C16H26N2O2. The first-order chi connectivity index (χ1) is 9.61. The van der Waals surface area contributed by atoms with E-state index < -0.39 is 6.10 Å². The number of aliphatic hydroxyl groups is 1. The molecule has 0 radical (unpaired) electrons. The monoisotopic (exact) mass is 278 g/mol. The Balaban J connectivity index is 2.18. The molecule has 0 saturated carbocycles. The van der Waals surface area contributed by atoms with Gasteiger partial charge in [-0.2, -0.15) is 0 Å². The van der Waals surface area contributed by atoms with Crippen molar-refractivity contribution in [2.24, 2.45) is 0 Å². The molecule has 4 nitrogen and oxygen atoms in total. The Labute approximate surface area is 121 Å². The highest BCUT2D eigenvalue weighted by Crippen LogP contribution is 2.04. The Morgan fingerprint density at radius 2 is 1.95 bits per heavy atom. The number of nitrogens with one attached hydrogen (secondary N) is 2. The zero-order chi connectivity index (χ0) is 14.8. The van der Waals surface area contributed by atoms with E-state index in [1.54, 1.807) is 0 Å². The number of carbonyl (C=O) groups is 1. The third kappa shape index (κ3) is 7.14. The van der Waals surface area contributed by atoms with Crippen LogP contribution >= 0.6 is 0 Å². The Bertz CT molecular complexity index is 381. The van der Waals surface area contributed by atoms with Gasteiger partial charge in [0.25, 0.3) is 0 Å². The van der Waals surface area contributed by atoms with Gasteiger partial charge in [-0.25, -0.2) is 4.79 Å². The summed E-state index contributed by atoms with van der Waals surface area (Å²) in [6.45, 7) is 4.31. The van der Waals surface area contributed by atoms with E-state index in [-0.39, 0.29) is 12.1 Å². The van der Waals surface area contributed by atoms with E-state index >= 15 is 0 Å². The summed E-state index contributed by atoms with van der Waals surface area (Å²) in [4.78, 5) is 11.6. The van der Waals surface area contributed by atoms with Crippen molar-refractivity contribution in [2.45, 2.75) is 51.7 Å². The molecule has 2 atom stereocenters. The molecule has 112 valence electrons. The van der Waals surface area contributed by atoms with Crippen molar-refractivity contribution in [2.75, 3.05) is 6.54 Å². The number of rotatable bonds is 8. The van der Waals surface area contributed by atoms with Gasteiger partial charge in [0, 0.05) is 12.6 Å². The van der Waals surface area contributed by atoms with Crippen LogP contribution in [0.4, 0.5) is 4.79 Å². The number of amides is 2. The number of benzene rings is 1. The first-order valence-corrected chi connectivity index (χ1v) is 7.38. The smallest absolute Gasteiger partial charge is 0.315 e. The molecule has 1 aromatic carbocycles. The topological polar surface area (TPSA) is 61.4 Å². The molecule has 0 bridgehead atoms. The summed E-state index contributed by atoms with van der Waals surface area (Å²) >= 11 is 0. The van der Waals surface area contributed by atoms with Crippen LogP contribution in [0.15, 0.2) is 30.3 Å². The van der Waals surface area contributed by atoms with Gasteiger partial charge in [0.15, 0.2) is 0 Å². The molecule has 0 aromatic heterocycles. The van der Waals surface area contributed by atoms with Crippen LogP contribution < -0.4 is 10.6 Å². The fourth-order valence-corrected chi connectivity index (χ4v) is 2.02. The number of aliphatic hydroxyl groups excluding tert-OH is 1. The Morgan fingerprint density at radius 1 is 1.25 bits per heavy atom. The predicted molar refractivity (Wildman–Crippen MR) is 81.7 cm³/mol. The first-order valence-electron chi connectivity index (χ1n) is 7.38. The fraction of sp³-hybridized carbons (Fsp3) is 0.562. The molecule has 0 aliphatic rings. The van der Waals surface area contributed by atoms with Gasteiger partial charge in [-0.1, -0.05) is 43.7 Å². The predicted octanol–water partition coefficient (Wildman–Crippen LogP) is 2.47. The van der Waals surface area contributed by atoms with Gasteiger partial charge in [0.2, 0.25) is 0 Å². The average Bonchev–Trinajstić information content (AvgIpc) is 2.44. The molecule has 2 amide bonds. The lowest BCUT2D eigenvalue weighted by atomic mass is 10.1. The minimum absolute atomic E-state index is 0.110. The molecule has 4 heteroatoms. The number of hydrogen-bond acceptors (Lipinski definition) is 2. The SMILES string of the molecule is CCCC(O)CNC(=O)NC(C)CCc1ccccc1. The molecule has 20 heavy (non-hydrogen) atoms. The highest BCUT2D eigenvalue weighted by atomic mass is 16.3. The Kier molecular flexibility index (Phi) is 7.73. The van der Waals surface area contributed by atoms with Crippen molar-refractivity contribution in [3.05, 3.63) is 35.9 Å². The second-order valence-electron chi connectivity index (χ2n) is 5.22. The van der Waals surface area contributed by atoms with E-state index in [1.165, 1.54) is 5.56 Å². The van der Waals surface area contributed by atoms with Crippen molar-refractivity contribution in [3.8, 4) is 0 Å². The highest BCUT2D eigenvalue weighted by molar-refractivity contribution is 5.74. The summed E-state index contributed by atoms with van der Waals surface area (Å²) < 4.78 is 0. The van der Waals surface area contributed by atoms with Crippen molar-refractivity contribution < 1.29 is 9.90 Å². The molecule has 3 N–H and O–H groups in total. The van der Waals surface area contributed by atoms with Gasteiger partial charge >= 0.3 is 6.03 Å². The summed E-state index contributed by atoms with van der Waals surface area (Å²) in [5, 5.41) is 15.1. The van der Waals surface area contributed by atoms with E-state index in [2.05, 4.69) is 22.8 Å². The summed E-state index contributed by atoms with van der Waals surface area (Å²) in [5.74, 6) is 0. The molecule has 0 aliphatic carbocycles. The quantitative estimate of drug-likeness (QED) is 0.684. The fourth-order valence-electron chi connectivity index (χ4n) is 2.02. The van der Waals surface area contributed by atoms with E-state index in [0.717, 1.165) is 19.3 Å². The third-order valence-electron chi connectivity index (χ3n) is 3.21. The van der Waals surface area contributed by atoms with Crippen LogP contribution in [0.25, 0.3) is 0 Å². The average molecular weight is 278 g/mol. The van der Waals surface area contributed by atoms with Gasteiger partial charge in [-0.15, -0.1) is 0 Å². The van der Waals surface area contributed by atoms with Crippen LogP contribution in [0.3, 0.4) is 0 Å². The van der Waals surface area contributed by atoms with Crippen LogP contribution in [0.1, 0.15) is 38.7 Å². The second kappa shape index (κ2) is 9.37. The highest BCUT2D eigenvalue weighted by Gasteiger charge is 2.09. The Hall–Kier alpha value is -1.55. The maximum atomic E-state index is 11.6. The zero-order valence-corrected chi connectivity index (χ0v) is 12.4. The van der Waals surface area contributed by atoms with E-state index in [4.69, 9.17) is 0 Å². The van der Waals surface area contributed by atoms with Gasteiger partial charge in [-0.05, 0) is 31.7 Å². The molecule has 0 fully saturated rings. The zero-order valence-electron chi connectivity index (χ0n) is 12.4. The molecule has 0 saturated heterocycles. The maximum absolute atomic E-state index is 11.6. The lowest BCUT2D eigenvalue weighted by Gasteiger charge is -2.16. The van der Waals surface area contributed by atoms with Crippen LogP contribution in [-0.2, 0) is 6.42 Å². The maximum Gasteiger partial charge on any atom is 0.315 e. The molecular weight excluding hydrogens is 252 g/mol. The van der Waals surface area contributed by atoms with Crippen LogP contribution in [0.5, 0.6) is 0 Å². The lowest BCUT2D eigenvalue weighted by molar-refractivity contribution is 0.160. The van der Waals surface area contributed by atoms with E-state index in [1.807, 2.05) is 32.0 Å². The van der Waals surface area contributed by atoms with Crippen molar-refractivity contribution in [3.63, 3.8) is 0 Å². The van der Waals surface area contributed by atoms with Crippen molar-refractivity contribution in [1.29, 1.82) is 0 Å². The third-order valence-corrected chi connectivity index (χ3v) is 3.21. The summed E-state index contributed by atoms with van der Waals surface area (Å²) in [7, 11) is 0. The molecule has 0 heterocycles. The molecule has 2 unspecified atom stereocenters. The molecule has 0 aliphatic heterocycles. The van der Waals surface area contributed by atoms with Crippen molar-refractivity contribution in [1.82, 2.24) is 10.6 Å². The largest absolute Gasteiger partial charge is 0.391 e. The van der Waals surface area contributed by atoms with Gasteiger partial charge in [0.05, 0.1) is 6.10 Å². The first kappa shape index (κ1) is 16.5. The van der Waals surface area contributed by atoms with Gasteiger partial charge in [0.1, 0.15) is 0 Å². The molecule has 1 rings (SSSR count).